The molecule has 1 fully saturated rings. The Hall–Kier alpha value is -1.46. The number of rotatable bonds is 3. The van der Waals surface area contributed by atoms with Gasteiger partial charge in [0.05, 0.1) is 13.2 Å². The lowest BCUT2D eigenvalue weighted by Crippen LogP contribution is -2.48. The van der Waals surface area contributed by atoms with Crippen LogP contribution in [0.25, 0.3) is 0 Å². The van der Waals surface area contributed by atoms with Gasteiger partial charge in [-0.05, 0) is 12.1 Å². The molecular formula is C13H12ClFO4. The zero-order valence-electron chi connectivity index (χ0n) is 9.99. The number of ketones is 1. The lowest BCUT2D eigenvalue weighted by molar-refractivity contribution is -0.164. The summed E-state index contributed by atoms with van der Waals surface area (Å²) >= 11 is 5.88. The van der Waals surface area contributed by atoms with Crippen LogP contribution in [0.3, 0.4) is 0 Å². The van der Waals surface area contributed by atoms with Crippen LogP contribution in [0.2, 0.25) is 5.02 Å². The Balaban J connectivity index is 2.42. The third-order valence-corrected chi connectivity index (χ3v) is 3.66. The fourth-order valence-corrected chi connectivity index (χ4v) is 2.37. The van der Waals surface area contributed by atoms with E-state index in [0.717, 1.165) is 0 Å². The molecule has 0 bridgehead atoms. The van der Waals surface area contributed by atoms with E-state index >= 15 is 0 Å². The normalized spacial score (nSPS) is 23.4. The smallest absolute Gasteiger partial charge is 0.319 e. The number of carboxylic acids is 1. The summed E-state index contributed by atoms with van der Waals surface area (Å²) in [5.74, 6) is -2.38. The van der Waals surface area contributed by atoms with Crippen LogP contribution in [-0.4, -0.2) is 30.1 Å². The molecule has 102 valence electrons. The maximum atomic E-state index is 13.7. The van der Waals surface area contributed by atoms with E-state index in [1.807, 2.05) is 0 Å². The molecule has 0 amide bonds. The fourth-order valence-electron chi connectivity index (χ4n) is 2.14. The van der Waals surface area contributed by atoms with Crippen molar-refractivity contribution >= 4 is 23.4 Å². The number of carboxylic acid groups (broad SMARTS) is 1. The summed E-state index contributed by atoms with van der Waals surface area (Å²) in [5, 5.41) is 9.45. The molecule has 0 saturated carbocycles. The molecule has 19 heavy (non-hydrogen) atoms. The molecule has 0 aromatic heterocycles. The molecule has 1 saturated heterocycles. The van der Waals surface area contributed by atoms with Crippen LogP contribution in [0.4, 0.5) is 4.39 Å². The Bertz CT molecular complexity index is 511. The van der Waals surface area contributed by atoms with Gasteiger partial charge >= 0.3 is 5.97 Å². The predicted molar refractivity (Wildman–Crippen MR) is 65.6 cm³/mol. The predicted octanol–water partition coefficient (Wildman–Crippen LogP) is 2.08. The third kappa shape index (κ3) is 2.48. The van der Waals surface area contributed by atoms with E-state index in [4.69, 9.17) is 16.3 Å². The maximum Gasteiger partial charge on any atom is 0.319 e. The van der Waals surface area contributed by atoms with Crippen LogP contribution >= 0.6 is 11.6 Å². The Morgan fingerprint density at radius 2 is 2.26 bits per heavy atom. The fraction of sp³-hybridized carbons (Fsp3) is 0.385. The first-order chi connectivity index (χ1) is 8.97. The SMILES string of the molecule is O=C(O)C1(Cc2c(F)cccc2Cl)COCCC1=O. The van der Waals surface area contributed by atoms with Gasteiger partial charge in [0.25, 0.3) is 0 Å². The van der Waals surface area contributed by atoms with Crippen LogP contribution in [0.1, 0.15) is 12.0 Å². The maximum absolute atomic E-state index is 13.7. The van der Waals surface area contributed by atoms with Crippen molar-refractivity contribution in [3.63, 3.8) is 0 Å². The highest BCUT2D eigenvalue weighted by molar-refractivity contribution is 6.31. The van der Waals surface area contributed by atoms with Crippen molar-refractivity contribution in [1.82, 2.24) is 0 Å². The minimum absolute atomic E-state index is 0.0123. The molecule has 0 spiro atoms. The monoisotopic (exact) mass is 286 g/mol. The summed E-state index contributed by atoms with van der Waals surface area (Å²) in [6.45, 7) is -0.0648. The standard InChI is InChI=1S/C13H12ClFO4/c14-9-2-1-3-10(15)8(9)6-13(12(17)18)7-19-5-4-11(13)16/h1-3H,4-7H2,(H,17,18). The molecule has 0 radical (unpaired) electrons. The average Bonchev–Trinajstić information content (AvgIpc) is 2.36. The molecule has 0 aliphatic carbocycles. The van der Waals surface area contributed by atoms with Crippen LogP contribution in [0, 0.1) is 11.2 Å². The zero-order chi connectivity index (χ0) is 14.0. The first kappa shape index (κ1) is 14.0. The number of Topliss-reactive ketones (excluding diaryl/α,β-unsaturated/α-hetero) is 1. The van der Waals surface area contributed by atoms with Crippen molar-refractivity contribution in [3.8, 4) is 0 Å². The van der Waals surface area contributed by atoms with E-state index in [-0.39, 0.29) is 36.6 Å². The first-order valence-corrected chi connectivity index (χ1v) is 6.12. The molecule has 1 heterocycles. The Morgan fingerprint density at radius 3 is 2.84 bits per heavy atom. The first-order valence-electron chi connectivity index (χ1n) is 5.75. The Labute approximate surface area is 114 Å². The van der Waals surface area contributed by atoms with Gasteiger partial charge < -0.3 is 9.84 Å². The summed E-state index contributed by atoms with van der Waals surface area (Å²) < 4.78 is 18.8. The number of carbonyl (C=O) groups is 2. The van der Waals surface area contributed by atoms with E-state index in [9.17, 15) is 19.1 Å². The van der Waals surface area contributed by atoms with E-state index in [0.29, 0.717) is 0 Å². The van der Waals surface area contributed by atoms with Crippen molar-refractivity contribution in [2.75, 3.05) is 13.2 Å². The van der Waals surface area contributed by atoms with Crippen molar-refractivity contribution < 1.29 is 23.8 Å². The van der Waals surface area contributed by atoms with Gasteiger partial charge in [-0.25, -0.2) is 4.39 Å². The number of benzene rings is 1. The largest absolute Gasteiger partial charge is 0.480 e. The topological polar surface area (TPSA) is 63.6 Å². The summed E-state index contributed by atoms with van der Waals surface area (Å²) in [6.07, 6.45) is -0.287. The average molecular weight is 287 g/mol. The number of carbonyl (C=O) groups excluding carboxylic acids is 1. The second kappa shape index (κ2) is 5.27. The van der Waals surface area contributed by atoms with Crippen molar-refractivity contribution in [2.45, 2.75) is 12.8 Å². The van der Waals surface area contributed by atoms with Gasteiger partial charge in [-0.15, -0.1) is 0 Å². The van der Waals surface area contributed by atoms with Gasteiger partial charge in [-0.1, -0.05) is 17.7 Å². The van der Waals surface area contributed by atoms with E-state index in [2.05, 4.69) is 0 Å². The summed E-state index contributed by atoms with van der Waals surface area (Å²) in [6, 6.07) is 4.07. The molecule has 1 aromatic carbocycles. The van der Waals surface area contributed by atoms with Gasteiger partial charge in [-0.2, -0.15) is 0 Å². The highest BCUT2D eigenvalue weighted by Crippen LogP contribution is 2.33. The van der Waals surface area contributed by atoms with Crippen molar-refractivity contribution in [1.29, 1.82) is 0 Å². The lowest BCUT2D eigenvalue weighted by atomic mass is 9.76. The zero-order valence-corrected chi connectivity index (χ0v) is 10.7. The molecular weight excluding hydrogens is 275 g/mol. The van der Waals surface area contributed by atoms with Crippen LogP contribution in [0.5, 0.6) is 0 Å². The van der Waals surface area contributed by atoms with E-state index in [1.165, 1.54) is 18.2 Å². The van der Waals surface area contributed by atoms with E-state index in [1.54, 1.807) is 0 Å². The van der Waals surface area contributed by atoms with Crippen LogP contribution in [-0.2, 0) is 20.7 Å². The highest BCUT2D eigenvalue weighted by atomic mass is 35.5. The molecule has 2 rings (SSSR count). The second-order valence-electron chi connectivity index (χ2n) is 4.49. The van der Waals surface area contributed by atoms with Gasteiger partial charge in [0.15, 0.2) is 11.2 Å². The molecule has 6 heteroatoms. The second-order valence-corrected chi connectivity index (χ2v) is 4.90. The number of hydrogen-bond donors (Lipinski definition) is 1. The van der Waals surface area contributed by atoms with E-state index < -0.39 is 23.0 Å². The Kier molecular flexibility index (Phi) is 3.87. The minimum atomic E-state index is -1.75. The third-order valence-electron chi connectivity index (χ3n) is 3.31. The van der Waals surface area contributed by atoms with Crippen molar-refractivity contribution in [3.05, 3.63) is 34.6 Å². The summed E-state index contributed by atoms with van der Waals surface area (Å²) in [7, 11) is 0. The molecule has 1 aliphatic heterocycles. The molecule has 1 aliphatic rings. The highest BCUT2D eigenvalue weighted by Gasteiger charge is 2.48. The molecule has 1 unspecified atom stereocenters. The van der Waals surface area contributed by atoms with Gasteiger partial charge in [0.1, 0.15) is 5.82 Å². The number of halogens is 2. The number of hydrogen-bond acceptors (Lipinski definition) is 3. The van der Waals surface area contributed by atoms with Crippen molar-refractivity contribution in [2.24, 2.45) is 5.41 Å². The molecule has 4 nitrogen and oxygen atoms in total. The number of ether oxygens (including phenoxy) is 1. The van der Waals surface area contributed by atoms with Gasteiger partial charge in [0.2, 0.25) is 0 Å². The summed E-state index contributed by atoms with van der Waals surface area (Å²) in [4.78, 5) is 23.4. The minimum Gasteiger partial charge on any atom is -0.480 e. The van der Waals surface area contributed by atoms with Crippen LogP contribution < -0.4 is 0 Å². The molecule has 1 N–H and O–H groups in total. The Morgan fingerprint density at radius 1 is 1.53 bits per heavy atom. The quantitative estimate of drug-likeness (QED) is 0.864. The number of aliphatic carboxylic acids is 1. The molecule has 1 atom stereocenters. The van der Waals surface area contributed by atoms with Crippen LogP contribution in [0.15, 0.2) is 18.2 Å². The van der Waals surface area contributed by atoms with Gasteiger partial charge in [0, 0.05) is 23.4 Å². The lowest BCUT2D eigenvalue weighted by Gasteiger charge is -2.31. The van der Waals surface area contributed by atoms with Gasteiger partial charge in [-0.3, -0.25) is 9.59 Å². The summed E-state index contributed by atoms with van der Waals surface area (Å²) in [5.41, 5.74) is -1.71. The molecule has 1 aromatic rings.